The number of hydrogen-bond donors (Lipinski definition) is 1. The van der Waals surface area contributed by atoms with Crippen LogP contribution < -0.4 is 15.6 Å². The lowest BCUT2D eigenvalue weighted by atomic mass is 10.1. The van der Waals surface area contributed by atoms with Gasteiger partial charge in [-0.1, -0.05) is 11.8 Å². The summed E-state index contributed by atoms with van der Waals surface area (Å²) in [7, 11) is 1.86. The van der Waals surface area contributed by atoms with Gasteiger partial charge >= 0.3 is 0 Å². The first kappa shape index (κ1) is 21.6. The monoisotopic (exact) mass is 428 g/mol. The van der Waals surface area contributed by atoms with Crippen LogP contribution in [0.2, 0.25) is 0 Å². The maximum atomic E-state index is 12.5. The van der Waals surface area contributed by atoms with Crippen LogP contribution in [0, 0.1) is 0 Å². The molecule has 3 rings (SSSR count). The molecule has 158 valence electrons. The van der Waals surface area contributed by atoms with Crippen LogP contribution in [-0.2, 0) is 11.8 Å². The summed E-state index contributed by atoms with van der Waals surface area (Å²) in [4.78, 5) is 24.8. The third-order valence-electron chi connectivity index (χ3n) is 4.33. The number of rotatable bonds is 9. The van der Waals surface area contributed by atoms with Gasteiger partial charge in [-0.3, -0.25) is 9.59 Å². The first-order valence-electron chi connectivity index (χ1n) is 9.57. The molecule has 1 atom stereocenters. The summed E-state index contributed by atoms with van der Waals surface area (Å²) in [5, 5.41) is 15.8. The van der Waals surface area contributed by atoms with Gasteiger partial charge in [0.2, 0.25) is 5.91 Å². The van der Waals surface area contributed by atoms with Gasteiger partial charge in [-0.15, -0.1) is 10.2 Å². The molecule has 1 aromatic carbocycles. The molecule has 0 saturated carbocycles. The van der Waals surface area contributed by atoms with E-state index in [4.69, 9.17) is 4.74 Å². The van der Waals surface area contributed by atoms with E-state index in [0.29, 0.717) is 24.6 Å². The summed E-state index contributed by atoms with van der Waals surface area (Å²) >= 11 is 1.49. The van der Waals surface area contributed by atoms with Crippen molar-refractivity contribution in [2.24, 2.45) is 7.05 Å². The van der Waals surface area contributed by atoms with E-state index in [0.717, 1.165) is 16.5 Å². The van der Waals surface area contributed by atoms with Crippen molar-refractivity contribution < 1.29 is 9.53 Å². The summed E-state index contributed by atoms with van der Waals surface area (Å²) in [6, 6.07) is 9.78. The van der Waals surface area contributed by atoms with Gasteiger partial charge in [-0.25, -0.2) is 4.68 Å². The van der Waals surface area contributed by atoms with E-state index in [1.54, 1.807) is 19.3 Å². The maximum Gasteiger partial charge on any atom is 0.267 e. The Bertz CT molecular complexity index is 1050. The lowest BCUT2D eigenvalue weighted by Crippen LogP contribution is -2.37. The van der Waals surface area contributed by atoms with Crippen LogP contribution in [0.4, 0.5) is 0 Å². The standard InChI is InChI=1S/C20H24N6O3S/c1-4-29-16-7-5-15(6-8-16)17-9-10-18(27)26(24-17)14(2)19(28)21-11-12-30-20-23-22-13-25(20)3/h5-10,13-14H,4,11-12H2,1-3H3,(H,21,28). The molecule has 0 fully saturated rings. The van der Waals surface area contributed by atoms with E-state index < -0.39 is 6.04 Å². The molecule has 1 unspecified atom stereocenters. The average Bonchev–Trinajstić information content (AvgIpc) is 3.16. The highest BCUT2D eigenvalue weighted by Gasteiger charge is 2.18. The predicted molar refractivity (Wildman–Crippen MR) is 115 cm³/mol. The van der Waals surface area contributed by atoms with Crippen molar-refractivity contribution in [1.82, 2.24) is 29.9 Å². The Labute approximate surface area is 178 Å². The Morgan fingerprint density at radius 2 is 2.00 bits per heavy atom. The van der Waals surface area contributed by atoms with E-state index >= 15 is 0 Å². The second-order valence-corrected chi connectivity index (χ2v) is 7.56. The number of ether oxygens (including phenoxy) is 1. The molecule has 0 bridgehead atoms. The van der Waals surface area contributed by atoms with Gasteiger partial charge < -0.3 is 14.6 Å². The fraction of sp³-hybridized carbons (Fsp3) is 0.350. The lowest BCUT2D eigenvalue weighted by molar-refractivity contribution is -0.124. The fourth-order valence-electron chi connectivity index (χ4n) is 2.72. The minimum atomic E-state index is -0.736. The van der Waals surface area contributed by atoms with Crippen molar-refractivity contribution in [3.63, 3.8) is 0 Å². The SMILES string of the molecule is CCOc1ccc(-c2ccc(=O)n(C(C)C(=O)NCCSc3nncn3C)n2)cc1. The van der Waals surface area contributed by atoms with E-state index in [-0.39, 0.29) is 11.5 Å². The van der Waals surface area contributed by atoms with Crippen molar-refractivity contribution in [2.45, 2.75) is 25.0 Å². The molecule has 30 heavy (non-hydrogen) atoms. The number of thioether (sulfide) groups is 1. The quantitative estimate of drug-likeness (QED) is 0.410. The van der Waals surface area contributed by atoms with Crippen LogP contribution in [0.25, 0.3) is 11.3 Å². The summed E-state index contributed by atoms with van der Waals surface area (Å²) in [5.74, 6) is 1.13. The molecule has 1 amide bonds. The third-order valence-corrected chi connectivity index (χ3v) is 5.37. The number of nitrogens with zero attached hydrogens (tertiary/aromatic N) is 5. The molecule has 9 nitrogen and oxygen atoms in total. The van der Waals surface area contributed by atoms with Gasteiger partial charge in [-0.05, 0) is 44.2 Å². The van der Waals surface area contributed by atoms with Gasteiger partial charge in [0.15, 0.2) is 5.16 Å². The van der Waals surface area contributed by atoms with E-state index in [9.17, 15) is 9.59 Å². The first-order valence-corrected chi connectivity index (χ1v) is 10.6. The molecule has 3 aromatic rings. The van der Waals surface area contributed by atoms with Crippen molar-refractivity contribution >= 4 is 17.7 Å². The van der Waals surface area contributed by atoms with Crippen molar-refractivity contribution in [2.75, 3.05) is 18.9 Å². The van der Waals surface area contributed by atoms with E-state index in [1.165, 1.54) is 22.5 Å². The molecule has 0 aliphatic heterocycles. The molecule has 2 heterocycles. The third kappa shape index (κ3) is 5.26. The van der Waals surface area contributed by atoms with Gasteiger partial charge in [0.25, 0.3) is 5.56 Å². The van der Waals surface area contributed by atoms with Crippen molar-refractivity contribution in [3.05, 3.63) is 53.1 Å². The summed E-state index contributed by atoms with van der Waals surface area (Å²) in [6.45, 7) is 4.61. The van der Waals surface area contributed by atoms with E-state index in [2.05, 4.69) is 20.6 Å². The zero-order chi connectivity index (χ0) is 21.5. The Morgan fingerprint density at radius 3 is 2.67 bits per heavy atom. The molecule has 1 N–H and O–H groups in total. The van der Waals surface area contributed by atoms with Crippen LogP contribution in [0.1, 0.15) is 19.9 Å². The Kier molecular flexibility index (Phi) is 7.23. The topological polar surface area (TPSA) is 104 Å². The minimum absolute atomic E-state index is 0.271. The molecular weight excluding hydrogens is 404 g/mol. The fourth-order valence-corrected chi connectivity index (χ4v) is 3.47. The second-order valence-electron chi connectivity index (χ2n) is 6.50. The summed E-state index contributed by atoms with van der Waals surface area (Å²) < 4.78 is 8.46. The number of carbonyl (C=O) groups is 1. The molecule has 0 aliphatic carbocycles. The number of amides is 1. The molecule has 0 aliphatic rings. The Balaban J connectivity index is 1.63. The molecule has 2 aromatic heterocycles. The summed E-state index contributed by atoms with van der Waals surface area (Å²) in [6.07, 6.45) is 1.62. The number of aryl methyl sites for hydroxylation is 1. The zero-order valence-electron chi connectivity index (χ0n) is 17.1. The molecule has 0 radical (unpaired) electrons. The smallest absolute Gasteiger partial charge is 0.267 e. The zero-order valence-corrected chi connectivity index (χ0v) is 17.9. The van der Waals surface area contributed by atoms with Crippen molar-refractivity contribution in [1.29, 1.82) is 0 Å². The highest BCUT2D eigenvalue weighted by atomic mass is 32.2. The molecular formula is C20H24N6O3S. The number of nitrogens with one attached hydrogen (secondary N) is 1. The highest BCUT2D eigenvalue weighted by molar-refractivity contribution is 7.99. The normalized spacial score (nSPS) is 11.8. The number of aromatic nitrogens is 5. The van der Waals surface area contributed by atoms with Crippen LogP contribution in [-0.4, -0.2) is 49.4 Å². The van der Waals surface area contributed by atoms with Gasteiger partial charge in [-0.2, -0.15) is 5.10 Å². The second kappa shape index (κ2) is 10.1. The lowest BCUT2D eigenvalue weighted by Gasteiger charge is -2.15. The summed E-state index contributed by atoms with van der Waals surface area (Å²) in [5.41, 5.74) is 1.11. The van der Waals surface area contributed by atoms with Crippen molar-refractivity contribution in [3.8, 4) is 17.0 Å². The Morgan fingerprint density at radius 1 is 1.23 bits per heavy atom. The first-order chi connectivity index (χ1) is 14.5. The highest BCUT2D eigenvalue weighted by Crippen LogP contribution is 2.20. The number of carbonyl (C=O) groups excluding carboxylic acids is 1. The van der Waals surface area contributed by atoms with Crippen LogP contribution in [0.15, 0.2) is 52.7 Å². The molecule has 0 spiro atoms. The molecule has 0 saturated heterocycles. The minimum Gasteiger partial charge on any atom is -0.494 e. The average molecular weight is 429 g/mol. The molecule has 10 heteroatoms. The van der Waals surface area contributed by atoms with Crippen LogP contribution >= 0.6 is 11.8 Å². The van der Waals surface area contributed by atoms with Gasteiger partial charge in [0.1, 0.15) is 18.1 Å². The van der Waals surface area contributed by atoms with Gasteiger partial charge in [0.05, 0.1) is 12.3 Å². The van der Waals surface area contributed by atoms with Crippen LogP contribution in [0.3, 0.4) is 0 Å². The maximum absolute atomic E-state index is 12.5. The van der Waals surface area contributed by atoms with Crippen LogP contribution in [0.5, 0.6) is 5.75 Å². The predicted octanol–water partition coefficient (Wildman–Crippen LogP) is 1.91. The number of hydrogen-bond acceptors (Lipinski definition) is 7. The van der Waals surface area contributed by atoms with Gasteiger partial charge in [0, 0.05) is 31.0 Å². The van der Waals surface area contributed by atoms with E-state index in [1.807, 2.05) is 42.8 Å². The largest absolute Gasteiger partial charge is 0.494 e. The number of benzene rings is 1. The Hall–Kier alpha value is -3.14.